The third kappa shape index (κ3) is 3.18. The van der Waals surface area contributed by atoms with Crippen LogP contribution in [0.3, 0.4) is 0 Å². The Hall–Kier alpha value is -0.610. The van der Waals surface area contributed by atoms with Crippen molar-refractivity contribution in [3.63, 3.8) is 0 Å². The van der Waals surface area contributed by atoms with Crippen LogP contribution in [0.1, 0.15) is 33.6 Å². The molecule has 1 heterocycles. The fourth-order valence-corrected chi connectivity index (χ4v) is 1.54. The van der Waals surface area contributed by atoms with E-state index in [0.29, 0.717) is 19.7 Å². The molecule has 3 N–H and O–H groups in total. The fourth-order valence-electron chi connectivity index (χ4n) is 1.54. The van der Waals surface area contributed by atoms with Gasteiger partial charge in [-0.2, -0.15) is 0 Å². The molecule has 1 rings (SSSR count). The maximum absolute atomic E-state index is 11.9. The van der Waals surface area contributed by atoms with Crippen molar-refractivity contribution >= 4 is 5.91 Å². The summed E-state index contributed by atoms with van der Waals surface area (Å²) in [7, 11) is 0. The van der Waals surface area contributed by atoms with E-state index in [9.17, 15) is 4.79 Å². The molecule has 1 fully saturated rings. The highest BCUT2D eigenvalue weighted by Gasteiger charge is 2.37. The van der Waals surface area contributed by atoms with Crippen molar-refractivity contribution in [3.8, 4) is 0 Å². The maximum atomic E-state index is 11.9. The second-order valence-electron chi connectivity index (χ2n) is 5.23. The molecule has 1 amide bonds. The second-order valence-corrected chi connectivity index (χ2v) is 5.23. The van der Waals surface area contributed by atoms with Gasteiger partial charge < -0.3 is 15.8 Å². The number of rotatable bonds is 4. The lowest BCUT2D eigenvalue weighted by Crippen LogP contribution is -2.48. The lowest BCUT2D eigenvalue weighted by molar-refractivity contribution is -0.139. The molecule has 0 radical (unpaired) electrons. The molecule has 4 nitrogen and oxygen atoms in total. The number of carbonyl (C=O) groups excluding carboxylic acids is 1. The predicted octanol–water partition coefficient (Wildman–Crippen LogP) is 0.657. The van der Waals surface area contributed by atoms with Gasteiger partial charge in [-0.05, 0) is 31.7 Å². The Labute approximate surface area is 91.5 Å². The lowest BCUT2D eigenvalue weighted by Gasteiger charge is -2.27. The molecule has 0 spiro atoms. The van der Waals surface area contributed by atoms with Gasteiger partial charge in [-0.3, -0.25) is 4.79 Å². The standard InChI is InChI=1S/C11H22N2O2/c1-10(2,7-12)8-13-9(14)11(3)5-4-6-15-11/h4-8,12H2,1-3H3,(H,13,14). The largest absolute Gasteiger partial charge is 0.365 e. The van der Waals surface area contributed by atoms with E-state index >= 15 is 0 Å². The summed E-state index contributed by atoms with van der Waals surface area (Å²) in [6.45, 7) is 7.76. The highest BCUT2D eigenvalue weighted by molar-refractivity contribution is 5.85. The third-order valence-corrected chi connectivity index (χ3v) is 2.98. The number of hydrogen-bond donors (Lipinski definition) is 2. The van der Waals surface area contributed by atoms with Crippen LogP contribution >= 0.6 is 0 Å². The first-order chi connectivity index (χ1) is 6.90. The van der Waals surface area contributed by atoms with Gasteiger partial charge >= 0.3 is 0 Å². The molecule has 1 atom stereocenters. The minimum atomic E-state index is -0.620. The Bertz CT molecular complexity index is 233. The van der Waals surface area contributed by atoms with Crippen LogP contribution < -0.4 is 11.1 Å². The Balaban J connectivity index is 2.42. The minimum Gasteiger partial charge on any atom is -0.365 e. The smallest absolute Gasteiger partial charge is 0.251 e. The quantitative estimate of drug-likeness (QED) is 0.722. The molecular weight excluding hydrogens is 192 g/mol. The molecule has 88 valence electrons. The summed E-state index contributed by atoms with van der Waals surface area (Å²) in [6.07, 6.45) is 1.77. The molecule has 15 heavy (non-hydrogen) atoms. The Kier molecular flexibility index (Phi) is 3.73. The fraction of sp³-hybridized carbons (Fsp3) is 0.909. The summed E-state index contributed by atoms with van der Waals surface area (Å²) in [4.78, 5) is 11.9. The van der Waals surface area contributed by atoms with Crippen LogP contribution in [0.15, 0.2) is 0 Å². The topological polar surface area (TPSA) is 64.3 Å². The zero-order chi connectivity index (χ0) is 11.5. The van der Waals surface area contributed by atoms with E-state index in [1.165, 1.54) is 0 Å². The summed E-state index contributed by atoms with van der Waals surface area (Å²) in [5.74, 6) is -0.0125. The number of hydrogen-bond acceptors (Lipinski definition) is 3. The Morgan fingerprint density at radius 2 is 2.27 bits per heavy atom. The molecule has 4 heteroatoms. The highest BCUT2D eigenvalue weighted by Crippen LogP contribution is 2.25. The predicted molar refractivity (Wildman–Crippen MR) is 59.4 cm³/mol. The van der Waals surface area contributed by atoms with Gasteiger partial charge in [0.1, 0.15) is 5.60 Å². The van der Waals surface area contributed by atoms with E-state index in [0.717, 1.165) is 12.8 Å². The van der Waals surface area contributed by atoms with Crippen molar-refractivity contribution in [2.24, 2.45) is 11.1 Å². The van der Waals surface area contributed by atoms with Crippen molar-refractivity contribution in [1.82, 2.24) is 5.32 Å². The SMILES string of the molecule is CC(C)(CN)CNC(=O)C1(C)CCCO1. The summed E-state index contributed by atoms with van der Waals surface area (Å²) < 4.78 is 5.46. The Morgan fingerprint density at radius 3 is 2.73 bits per heavy atom. The Morgan fingerprint density at radius 1 is 1.60 bits per heavy atom. The van der Waals surface area contributed by atoms with Crippen molar-refractivity contribution < 1.29 is 9.53 Å². The van der Waals surface area contributed by atoms with E-state index < -0.39 is 5.60 Å². The number of amides is 1. The van der Waals surface area contributed by atoms with Gasteiger partial charge in [0.25, 0.3) is 5.91 Å². The molecule has 0 saturated carbocycles. The third-order valence-electron chi connectivity index (χ3n) is 2.98. The molecule has 1 aliphatic rings. The van der Waals surface area contributed by atoms with Crippen LogP contribution in [0.4, 0.5) is 0 Å². The highest BCUT2D eigenvalue weighted by atomic mass is 16.5. The number of ether oxygens (including phenoxy) is 1. The first-order valence-electron chi connectivity index (χ1n) is 5.52. The van der Waals surface area contributed by atoms with Crippen LogP contribution in [0, 0.1) is 5.41 Å². The van der Waals surface area contributed by atoms with Gasteiger partial charge in [0.05, 0.1) is 0 Å². The first-order valence-corrected chi connectivity index (χ1v) is 5.52. The van der Waals surface area contributed by atoms with Gasteiger partial charge in [-0.15, -0.1) is 0 Å². The molecule has 1 unspecified atom stereocenters. The van der Waals surface area contributed by atoms with E-state index in [1.807, 2.05) is 20.8 Å². The van der Waals surface area contributed by atoms with Gasteiger partial charge in [-0.1, -0.05) is 13.8 Å². The molecule has 1 aliphatic heterocycles. The summed E-state index contributed by atoms with van der Waals surface area (Å²) in [5.41, 5.74) is 4.93. The average molecular weight is 214 g/mol. The molecular formula is C11H22N2O2. The normalized spacial score (nSPS) is 26.7. The van der Waals surface area contributed by atoms with E-state index in [1.54, 1.807) is 0 Å². The zero-order valence-corrected chi connectivity index (χ0v) is 9.93. The summed E-state index contributed by atoms with van der Waals surface area (Å²) in [5, 5.41) is 2.91. The monoisotopic (exact) mass is 214 g/mol. The number of nitrogens with two attached hydrogens (primary N) is 1. The van der Waals surface area contributed by atoms with Crippen LogP contribution in [-0.2, 0) is 9.53 Å². The van der Waals surface area contributed by atoms with Crippen LogP contribution in [0.5, 0.6) is 0 Å². The minimum absolute atomic E-state index is 0.0125. The van der Waals surface area contributed by atoms with Crippen LogP contribution in [0.25, 0.3) is 0 Å². The van der Waals surface area contributed by atoms with Gasteiger partial charge in [0.15, 0.2) is 0 Å². The lowest BCUT2D eigenvalue weighted by atomic mass is 9.93. The van der Waals surface area contributed by atoms with Gasteiger partial charge in [-0.25, -0.2) is 0 Å². The molecule has 0 aromatic carbocycles. The van der Waals surface area contributed by atoms with E-state index in [2.05, 4.69) is 5.32 Å². The summed E-state index contributed by atoms with van der Waals surface area (Å²) >= 11 is 0. The number of nitrogens with one attached hydrogen (secondary N) is 1. The van der Waals surface area contributed by atoms with Crippen molar-refractivity contribution in [1.29, 1.82) is 0 Å². The van der Waals surface area contributed by atoms with Crippen molar-refractivity contribution in [2.45, 2.75) is 39.2 Å². The second kappa shape index (κ2) is 4.49. The first kappa shape index (κ1) is 12.5. The van der Waals surface area contributed by atoms with Gasteiger partial charge in [0.2, 0.25) is 0 Å². The molecule has 0 aliphatic carbocycles. The molecule has 0 aromatic rings. The van der Waals surface area contributed by atoms with Crippen LogP contribution in [-0.4, -0.2) is 31.2 Å². The molecule has 0 bridgehead atoms. The summed E-state index contributed by atoms with van der Waals surface area (Å²) in [6, 6.07) is 0. The molecule has 0 aromatic heterocycles. The number of carbonyl (C=O) groups is 1. The average Bonchev–Trinajstić information content (AvgIpc) is 2.63. The maximum Gasteiger partial charge on any atom is 0.251 e. The van der Waals surface area contributed by atoms with E-state index in [-0.39, 0.29) is 11.3 Å². The van der Waals surface area contributed by atoms with Crippen molar-refractivity contribution in [3.05, 3.63) is 0 Å². The van der Waals surface area contributed by atoms with Crippen LogP contribution in [0.2, 0.25) is 0 Å². The van der Waals surface area contributed by atoms with Gasteiger partial charge in [0, 0.05) is 13.2 Å². The van der Waals surface area contributed by atoms with E-state index in [4.69, 9.17) is 10.5 Å². The van der Waals surface area contributed by atoms with Crippen molar-refractivity contribution in [2.75, 3.05) is 19.7 Å². The zero-order valence-electron chi connectivity index (χ0n) is 9.93. The molecule has 1 saturated heterocycles.